The monoisotopic (exact) mass is 225 g/mol. The van der Waals surface area contributed by atoms with Gasteiger partial charge in [0.15, 0.2) is 0 Å². The van der Waals surface area contributed by atoms with E-state index >= 15 is 0 Å². The predicted molar refractivity (Wildman–Crippen MR) is 59.7 cm³/mol. The summed E-state index contributed by atoms with van der Waals surface area (Å²) in [5, 5.41) is 9.50. The molecule has 4 heteroatoms. The largest absolute Gasteiger partial charge is 0.488 e. The quantitative estimate of drug-likeness (QED) is 0.758. The summed E-state index contributed by atoms with van der Waals surface area (Å²) in [5.41, 5.74) is 6.12. The van der Waals surface area contributed by atoms with Crippen LogP contribution in [0.5, 0.6) is 5.75 Å². The van der Waals surface area contributed by atoms with Crippen molar-refractivity contribution in [3.05, 3.63) is 24.0 Å². The SMILES string of the molecule is Nc1ccc(F)cc1O[C@@H]1CCC[C@@H](O)C1. The second kappa shape index (κ2) is 4.70. The highest BCUT2D eigenvalue weighted by Crippen LogP contribution is 2.28. The summed E-state index contributed by atoms with van der Waals surface area (Å²) in [7, 11) is 0. The molecule has 0 spiro atoms. The average molecular weight is 225 g/mol. The van der Waals surface area contributed by atoms with E-state index in [9.17, 15) is 9.50 Å². The lowest BCUT2D eigenvalue weighted by molar-refractivity contribution is 0.0539. The molecule has 0 amide bonds. The van der Waals surface area contributed by atoms with Crippen LogP contribution in [0, 0.1) is 5.82 Å². The highest BCUT2D eigenvalue weighted by Gasteiger charge is 2.22. The molecule has 0 unspecified atom stereocenters. The summed E-state index contributed by atoms with van der Waals surface area (Å²) in [5.74, 6) is 0.0136. The van der Waals surface area contributed by atoms with Crippen molar-refractivity contribution >= 4 is 5.69 Å². The van der Waals surface area contributed by atoms with E-state index in [1.54, 1.807) is 0 Å². The molecule has 1 aromatic rings. The maximum atomic E-state index is 13.0. The van der Waals surface area contributed by atoms with Crippen LogP contribution in [0.3, 0.4) is 0 Å². The first-order chi connectivity index (χ1) is 7.65. The van der Waals surface area contributed by atoms with Gasteiger partial charge < -0.3 is 15.6 Å². The topological polar surface area (TPSA) is 55.5 Å². The number of anilines is 1. The second-order valence-electron chi connectivity index (χ2n) is 4.24. The van der Waals surface area contributed by atoms with Crippen LogP contribution in [-0.4, -0.2) is 17.3 Å². The smallest absolute Gasteiger partial charge is 0.145 e. The molecule has 88 valence electrons. The average Bonchev–Trinajstić information content (AvgIpc) is 2.24. The number of aliphatic hydroxyl groups excluding tert-OH is 1. The molecule has 2 atom stereocenters. The molecule has 3 N–H and O–H groups in total. The number of nitrogens with two attached hydrogens (primary N) is 1. The fraction of sp³-hybridized carbons (Fsp3) is 0.500. The highest BCUT2D eigenvalue weighted by molar-refractivity contribution is 5.52. The fourth-order valence-corrected chi connectivity index (χ4v) is 2.02. The van der Waals surface area contributed by atoms with Crippen LogP contribution in [0.15, 0.2) is 18.2 Å². The lowest BCUT2D eigenvalue weighted by Crippen LogP contribution is -2.28. The Balaban J connectivity index is 2.05. The number of nitrogen functional groups attached to an aromatic ring is 1. The summed E-state index contributed by atoms with van der Waals surface area (Å²) in [6.45, 7) is 0. The van der Waals surface area contributed by atoms with Crippen LogP contribution >= 0.6 is 0 Å². The van der Waals surface area contributed by atoms with Gasteiger partial charge in [0.25, 0.3) is 0 Å². The van der Waals surface area contributed by atoms with Crippen LogP contribution in [0.25, 0.3) is 0 Å². The molecule has 3 nitrogen and oxygen atoms in total. The van der Waals surface area contributed by atoms with E-state index in [1.807, 2.05) is 0 Å². The molecule has 0 aliphatic heterocycles. The second-order valence-corrected chi connectivity index (χ2v) is 4.24. The molecule has 0 heterocycles. The molecule has 0 aromatic heterocycles. The van der Waals surface area contributed by atoms with Gasteiger partial charge in [-0.3, -0.25) is 0 Å². The first-order valence-electron chi connectivity index (χ1n) is 5.55. The van der Waals surface area contributed by atoms with Crippen molar-refractivity contribution in [2.75, 3.05) is 5.73 Å². The molecular formula is C12H16FNO2. The Hall–Kier alpha value is -1.29. The highest BCUT2D eigenvalue weighted by atomic mass is 19.1. The number of hydrogen-bond donors (Lipinski definition) is 2. The maximum Gasteiger partial charge on any atom is 0.145 e. The van der Waals surface area contributed by atoms with Crippen molar-refractivity contribution in [2.45, 2.75) is 37.9 Å². The van der Waals surface area contributed by atoms with Crippen LogP contribution in [-0.2, 0) is 0 Å². The minimum Gasteiger partial charge on any atom is -0.488 e. The van der Waals surface area contributed by atoms with Crippen LogP contribution in [0.1, 0.15) is 25.7 Å². The van der Waals surface area contributed by atoms with Gasteiger partial charge in [-0.1, -0.05) is 0 Å². The number of hydrogen-bond acceptors (Lipinski definition) is 3. The Morgan fingerprint density at radius 1 is 1.38 bits per heavy atom. The minimum absolute atomic E-state index is 0.0622. The van der Waals surface area contributed by atoms with Gasteiger partial charge in [0.2, 0.25) is 0 Å². The number of halogens is 1. The van der Waals surface area contributed by atoms with E-state index in [0.717, 1.165) is 19.3 Å². The Kier molecular flexibility index (Phi) is 3.29. The molecule has 0 radical (unpaired) electrons. The van der Waals surface area contributed by atoms with E-state index in [0.29, 0.717) is 17.9 Å². The third-order valence-corrected chi connectivity index (χ3v) is 2.87. The molecule has 16 heavy (non-hydrogen) atoms. The summed E-state index contributed by atoms with van der Waals surface area (Å²) in [4.78, 5) is 0. The Morgan fingerprint density at radius 2 is 2.19 bits per heavy atom. The van der Waals surface area contributed by atoms with Crippen molar-refractivity contribution in [3.63, 3.8) is 0 Å². The van der Waals surface area contributed by atoms with Gasteiger partial charge in [-0.15, -0.1) is 0 Å². The first kappa shape index (κ1) is 11.2. The molecule has 1 aliphatic carbocycles. The zero-order valence-electron chi connectivity index (χ0n) is 9.03. The van der Waals surface area contributed by atoms with E-state index < -0.39 is 0 Å². The number of ether oxygens (including phenoxy) is 1. The van der Waals surface area contributed by atoms with Gasteiger partial charge in [-0.2, -0.15) is 0 Å². The van der Waals surface area contributed by atoms with E-state index in [1.165, 1.54) is 18.2 Å². The van der Waals surface area contributed by atoms with Crippen molar-refractivity contribution < 1.29 is 14.2 Å². The third kappa shape index (κ3) is 2.64. The predicted octanol–water partition coefficient (Wildman–Crippen LogP) is 2.09. The van der Waals surface area contributed by atoms with Gasteiger partial charge >= 0.3 is 0 Å². The van der Waals surface area contributed by atoms with E-state index in [-0.39, 0.29) is 18.0 Å². The molecular weight excluding hydrogens is 209 g/mol. The standard InChI is InChI=1S/C12H16FNO2/c13-8-4-5-11(14)12(6-8)16-10-3-1-2-9(15)7-10/h4-6,9-10,15H,1-3,7,14H2/t9-,10-/m1/s1. The van der Waals surface area contributed by atoms with Crippen molar-refractivity contribution in [1.82, 2.24) is 0 Å². The molecule has 1 aliphatic rings. The van der Waals surface area contributed by atoms with Crippen LogP contribution < -0.4 is 10.5 Å². The van der Waals surface area contributed by atoms with E-state index in [4.69, 9.17) is 10.5 Å². The number of rotatable bonds is 2. The maximum absolute atomic E-state index is 13.0. The minimum atomic E-state index is -0.361. The lowest BCUT2D eigenvalue weighted by atomic mass is 9.95. The summed E-state index contributed by atoms with van der Waals surface area (Å²) in [6.07, 6.45) is 2.85. The van der Waals surface area contributed by atoms with Gasteiger partial charge in [-0.05, 0) is 31.4 Å². The molecule has 0 bridgehead atoms. The molecule has 2 rings (SSSR count). The van der Waals surface area contributed by atoms with Crippen molar-refractivity contribution in [1.29, 1.82) is 0 Å². The fourth-order valence-electron chi connectivity index (χ4n) is 2.02. The van der Waals surface area contributed by atoms with Gasteiger partial charge in [0.1, 0.15) is 17.7 Å². The number of aliphatic hydroxyl groups is 1. The van der Waals surface area contributed by atoms with Gasteiger partial charge in [0.05, 0.1) is 11.8 Å². The molecule has 1 saturated carbocycles. The van der Waals surface area contributed by atoms with Gasteiger partial charge in [0, 0.05) is 12.5 Å². The summed E-state index contributed by atoms with van der Waals surface area (Å²) in [6, 6.07) is 4.08. The Bertz CT molecular complexity index is 370. The van der Waals surface area contributed by atoms with Crippen molar-refractivity contribution in [3.8, 4) is 5.75 Å². The first-order valence-corrected chi connectivity index (χ1v) is 5.55. The normalized spacial score (nSPS) is 25.4. The van der Waals surface area contributed by atoms with E-state index in [2.05, 4.69) is 0 Å². The van der Waals surface area contributed by atoms with Crippen LogP contribution in [0.4, 0.5) is 10.1 Å². The van der Waals surface area contributed by atoms with Gasteiger partial charge in [-0.25, -0.2) is 4.39 Å². The number of benzene rings is 1. The summed E-state index contributed by atoms with van der Waals surface area (Å²) >= 11 is 0. The third-order valence-electron chi connectivity index (χ3n) is 2.87. The molecule has 1 aromatic carbocycles. The van der Waals surface area contributed by atoms with Crippen LogP contribution in [0.2, 0.25) is 0 Å². The zero-order chi connectivity index (χ0) is 11.5. The lowest BCUT2D eigenvalue weighted by Gasteiger charge is -2.27. The molecule has 0 saturated heterocycles. The molecule has 1 fully saturated rings. The van der Waals surface area contributed by atoms with Crippen molar-refractivity contribution in [2.24, 2.45) is 0 Å². The summed E-state index contributed by atoms with van der Waals surface area (Å²) < 4.78 is 18.6. The Morgan fingerprint density at radius 3 is 2.94 bits per heavy atom. The Labute approximate surface area is 94.0 Å². The zero-order valence-corrected chi connectivity index (χ0v) is 9.03.